The van der Waals surface area contributed by atoms with Gasteiger partial charge in [-0.25, -0.2) is 0 Å². The van der Waals surface area contributed by atoms with E-state index < -0.39 is 17.4 Å². The van der Waals surface area contributed by atoms with Crippen molar-refractivity contribution < 1.29 is 24.6 Å². The van der Waals surface area contributed by atoms with Gasteiger partial charge in [0.2, 0.25) is 0 Å². The van der Waals surface area contributed by atoms with Crippen molar-refractivity contribution in [2.45, 2.75) is 38.5 Å². The molecule has 5 aromatic rings. The standard InChI is InChI=1S/C39H40N8O5/c1-25(4-2-3-20-46-24-33(19-21-48)44-45-46)39(52)34-22-32(43-37(50)28-9-13-30(41)14-10-28)17-18-35(34)47(38(39)51)23-26-5-15-31(16-6-26)42-36(49)27-7-11-29(40)12-8-27/h2,4-18,22,24-25,48,52H,3,19-21,23,40-41H2,1H3,(H,42,49)(H,43,50)/b4-2+/t25-,39+/m1/s1. The number of aryl methyl sites for hydroxylation is 1. The van der Waals surface area contributed by atoms with E-state index in [1.54, 1.807) is 103 Å². The summed E-state index contributed by atoms with van der Waals surface area (Å²) >= 11 is 0. The van der Waals surface area contributed by atoms with Gasteiger partial charge >= 0.3 is 0 Å². The third-order valence-corrected chi connectivity index (χ3v) is 8.99. The first kappa shape index (κ1) is 35.5. The molecule has 0 unspecified atom stereocenters. The van der Waals surface area contributed by atoms with Crippen LogP contribution < -0.4 is 27.0 Å². The molecule has 13 heteroatoms. The molecule has 1 aliphatic rings. The zero-order chi connectivity index (χ0) is 36.8. The molecular formula is C39H40N8O5. The topological polar surface area (TPSA) is 202 Å². The highest BCUT2D eigenvalue weighted by atomic mass is 16.3. The van der Waals surface area contributed by atoms with Crippen LogP contribution in [-0.4, -0.2) is 49.5 Å². The highest BCUT2D eigenvalue weighted by Crippen LogP contribution is 2.47. The molecule has 0 spiro atoms. The summed E-state index contributed by atoms with van der Waals surface area (Å²) in [6, 6.07) is 25.3. The van der Waals surface area contributed by atoms with E-state index in [1.807, 2.05) is 18.2 Å². The van der Waals surface area contributed by atoms with E-state index in [4.69, 9.17) is 16.6 Å². The molecule has 4 aromatic carbocycles. The number of aromatic nitrogens is 3. The van der Waals surface area contributed by atoms with E-state index in [0.717, 1.165) is 5.56 Å². The van der Waals surface area contributed by atoms with Gasteiger partial charge in [-0.2, -0.15) is 0 Å². The lowest BCUT2D eigenvalue weighted by molar-refractivity contribution is -0.139. The molecule has 2 heterocycles. The smallest absolute Gasteiger partial charge is 0.264 e. The summed E-state index contributed by atoms with van der Waals surface area (Å²) < 4.78 is 1.68. The molecular weight excluding hydrogens is 660 g/mol. The SMILES string of the molecule is C[C@H](/C=C/CCn1cc(CCO)nn1)[C@@]1(O)C(=O)N(Cc2ccc(NC(=O)c3ccc(N)cc3)cc2)c2ccc(NC(=O)c3ccc(N)cc3)cc21. The van der Waals surface area contributed by atoms with E-state index in [1.165, 1.54) is 4.90 Å². The average molecular weight is 701 g/mol. The predicted octanol–water partition coefficient (Wildman–Crippen LogP) is 4.50. The second-order valence-electron chi connectivity index (χ2n) is 12.7. The number of aliphatic hydroxyl groups is 2. The summed E-state index contributed by atoms with van der Waals surface area (Å²) in [5.41, 5.74) is 14.9. The third-order valence-electron chi connectivity index (χ3n) is 8.99. The number of rotatable bonds is 13. The Kier molecular flexibility index (Phi) is 10.4. The molecule has 8 N–H and O–H groups in total. The van der Waals surface area contributed by atoms with Crippen LogP contribution >= 0.6 is 0 Å². The largest absolute Gasteiger partial charge is 0.399 e. The van der Waals surface area contributed by atoms with Gasteiger partial charge in [0.05, 0.1) is 17.9 Å². The van der Waals surface area contributed by atoms with Crippen molar-refractivity contribution in [3.63, 3.8) is 0 Å². The van der Waals surface area contributed by atoms with Gasteiger partial charge < -0.3 is 37.2 Å². The number of nitrogens with one attached hydrogen (secondary N) is 2. The number of nitrogens with two attached hydrogens (primary N) is 2. The van der Waals surface area contributed by atoms with Crippen LogP contribution in [0.1, 0.15) is 50.9 Å². The number of allylic oxidation sites excluding steroid dienone is 1. The minimum absolute atomic E-state index is 0.0111. The van der Waals surface area contributed by atoms with Crippen LogP contribution in [0.2, 0.25) is 0 Å². The molecule has 0 radical (unpaired) electrons. The molecule has 0 aliphatic carbocycles. The summed E-state index contributed by atoms with van der Waals surface area (Å²) in [7, 11) is 0. The minimum atomic E-state index is -1.94. The highest BCUT2D eigenvalue weighted by Gasteiger charge is 2.52. The summed E-state index contributed by atoms with van der Waals surface area (Å²) in [5, 5.41) is 35.3. The van der Waals surface area contributed by atoms with Crippen molar-refractivity contribution in [2.24, 2.45) is 5.92 Å². The van der Waals surface area contributed by atoms with Crippen LogP contribution in [-0.2, 0) is 29.9 Å². The summed E-state index contributed by atoms with van der Waals surface area (Å²) in [4.78, 5) is 41.5. The van der Waals surface area contributed by atoms with Crippen LogP contribution in [0, 0.1) is 5.92 Å². The van der Waals surface area contributed by atoms with Gasteiger partial charge in [-0.05, 0) is 90.8 Å². The number of carbonyl (C=O) groups is 3. The minimum Gasteiger partial charge on any atom is -0.399 e. The van der Waals surface area contributed by atoms with Crippen LogP contribution in [0.25, 0.3) is 0 Å². The number of hydrogen-bond acceptors (Lipinski definition) is 9. The number of carbonyl (C=O) groups excluding carboxylic acids is 3. The molecule has 52 heavy (non-hydrogen) atoms. The Morgan fingerprint density at radius 1 is 0.885 bits per heavy atom. The van der Waals surface area contributed by atoms with E-state index in [-0.39, 0.29) is 25.0 Å². The van der Waals surface area contributed by atoms with Crippen molar-refractivity contribution in [1.82, 2.24) is 15.0 Å². The van der Waals surface area contributed by atoms with Gasteiger partial charge in [-0.1, -0.05) is 36.4 Å². The Morgan fingerprint density at radius 3 is 2.10 bits per heavy atom. The number of amides is 3. The molecule has 0 fully saturated rings. The first-order valence-electron chi connectivity index (χ1n) is 16.8. The first-order chi connectivity index (χ1) is 25.0. The van der Waals surface area contributed by atoms with Gasteiger partial charge in [0, 0.05) is 71.1 Å². The number of fused-ring (bicyclic) bond motifs is 1. The van der Waals surface area contributed by atoms with Crippen molar-refractivity contribution >= 4 is 46.2 Å². The third kappa shape index (κ3) is 7.70. The van der Waals surface area contributed by atoms with Gasteiger partial charge in [0.15, 0.2) is 5.60 Å². The van der Waals surface area contributed by atoms with Crippen LogP contribution in [0.5, 0.6) is 0 Å². The van der Waals surface area contributed by atoms with E-state index in [9.17, 15) is 19.5 Å². The molecule has 0 saturated carbocycles. The summed E-state index contributed by atoms with van der Waals surface area (Å²) in [6.45, 7) is 2.43. The number of anilines is 5. The number of aliphatic hydroxyl groups excluding tert-OH is 1. The first-order valence-corrected chi connectivity index (χ1v) is 16.8. The van der Waals surface area contributed by atoms with Crippen LogP contribution in [0.15, 0.2) is 109 Å². The molecule has 13 nitrogen and oxygen atoms in total. The molecule has 0 bridgehead atoms. The molecule has 1 aromatic heterocycles. The molecule has 2 atom stereocenters. The number of hydrogen-bond donors (Lipinski definition) is 6. The second-order valence-corrected chi connectivity index (χ2v) is 12.7. The summed E-state index contributed by atoms with van der Waals surface area (Å²) in [6.07, 6.45) is 6.44. The van der Waals surface area contributed by atoms with Crippen molar-refractivity contribution in [2.75, 3.05) is 33.6 Å². The van der Waals surface area contributed by atoms with Gasteiger partial charge in [-0.3, -0.25) is 19.1 Å². The maximum Gasteiger partial charge on any atom is 0.264 e. The van der Waals surface area contributed by atoms with Gasteiger partial charge in [0.1, 0.15) is 0 Å². The Balaban J connectivity index is 1.22. The monoisotopic (exact) mass is 700 g/mol. The van der Waals surface area contributed by atoms with Gasteiger partial charge in [0.25, 0.3) is 17.7 Å². The zero-order valence-electron chi connectivity index (χ0n) is 28.6. The number of nitrogens with zero attached hydrogens (tertiary/aromatic N) is 4. The number of nitrogen functional groups attached to an aromatic ring is 2. The average Bonchev–Trinajstić information content (AvgIpc) is 3.67. The predicted molar refractivity (Wildman–Crippen MR) is 199 cm³/mol. The Hall–Kier alpha value is -6.31. The normalized spacial score (nSPS) is 15.8. The van der Waals surface area contributed by atoms with E-state index >= 15 is 0 Å². The van der Waals surface area contributed by atoms with Crippen molar-refractivity contribution in [3.05, 3.63) is 137 Å². The van der Waals surface area contributed by atoms with Crippen molar-refractivity contribution in [1.29, 1.82) is 0 Å². The maximum absolute atomic E-state index is 14.3. The highest BCUT2D eigenvalue weighted by molar-refractivity contribution is 6.09. The summed E-state index contributed by atoms with van der Waals surface area (Å²) in [5.74, 6) is -1.81. The fourth-order valence-electron chi connectivity index (χ4n) is 6.06. The molecule has 6 rings (SSSR count). The lowest BCUT2D eigenvalue weighted by Crippen LogP contribution is -2.44. The van der Waals surface area contributed by atoms with E-state index in [2.05, 4.69) is 20.9 Å². The Labute approximate surface area is 300 Å². The zero-order valence-corrected chi connectivity index (χ0v) is 28.6. The lowest BCUT2D eigenvalue weighted by atomic mass is 9.82. The van der Waals surface area contributed by atoms with Crippen LogP contribution in [0.4, 0.5) is 28.4 Å². The molecule has 266 valence electrons. The van der Waals surface area contributed by atoms with Gasteiger partial charge in [-0.15, -0.1) is 5.10 Å². The Morgan fingerprint density at radius 2 is 1.48 bits per heavy atom. The fourth-order valence-corrected chi connectivity index (χ4v) is 6.06. The quantitative estimate of drug-likeness (QED) is 0.0756. The maximum atomic E-state index is 14.3. The lowest BCUT2D eigenvalue weighted by Gasteiger charge is -2.28. The molecule has 3 amide bonds. The van der Waals surface area contributed by atoms with Crippen molar-refractivity contribution in [3.8, 4) is 0 Å². The van der Waals surface area contributed by atoms with E-state index in [0.29, 0.717) is 70.2 Å². The second kappa shape index (κ2) is 15.3. The van der Waals surface area contributed by atoms with Crippen LogP contribution in [0.3, 0.4) is 0 Å². The fraction of sp³-hybridized carbons (Fsp3) is 0.205. The number of benzene rings is 4. The molecule has 0 saturated heterocycles. The molecule has 1 aliphatic heterocycles. The Bertz CT molecular complexity index is 2090.